The van der Waals surface area contributed by atoms with Crippen molar-refractivity contribution in [2.75, 3.05) is 14.1 Å². The molecule has 1 unspecified atom stereocenters. The number of aliphatic hydroxyl groups excluding tert-OH is 1. The van der Waals surface area contributed by atoms with Crippen LogP contribution in [0, 0.1) is 5.82 Å². The van der Waals surface area contributed by atoms with Gasteiger partial charge in [0.1, 0.15) is 11.5 Å². The van der Waals surface area contributed by atoms with Crippen LogP contribution in [0.15, 0.2) is 61.2 Å². The number of aromatic nitrogens is 3. The number of rotatable bonds is 4. The minimum Gasteiger partial charge on any atom is -0.378 e. The van der Waals surface area contributed by atoms with Crippen molar-refractivity contribution in [1.29, 1.82) is 0 Å². The maximum absolute atomic E-state index is 14.3. The number of hydrogen-bond donors (Lipinski definition) is 2. The number of nitrogens with zero attached hydrogens (tertiary/aromatic N) is 3. The molecule has 1 amide bonds. The van der Waals surface area contributed by atoms with Crippen LogP contribution in [0.1, 0.15) is 11.7 Å². The minimum absolute atomic E-state index is 0.312. The number of hydrogen-bond acceptors (Lipinski definition) is 4. The van der Waals surface area contributed by atoms with E-state index in [0.717, 1.165) is 10.9 Å². The fourth-order valence-electron chi connectivity index (χ4n) is 3.22. The fourth-order valence-corrected chi connectivity index (χ4v) is 3.22. The molecular formula is C22H19FN4O2. The standard InChI is InChI=1S/C22H19FN4O2/c1-27(2)22(29)20(28)15-7-13(9-24-10-15)14-8-17-18(12-26-21(17)25-11-14)16-5-3-4-6-19(16)23/h3-12,20,28H,1-2H3,(H,25,26). The van der Waals surface area contributed by atoms with Gasteiger partial charge < -0.3 is 15.0 Å². The van der Waals surface area contributed by atoms with Crippen LogP contribution in [0.25, 0.3) is 33.3 Å². The van der Waals surface area contributed by atoms with Gasteiger partial charge in [0.2, 0.25) is 0 Å². The van der Waals surface area contributed by atoms with Crippen molar-refractivity contribution in [2.45, 2.75) is 6.10 Å². The Morgan fingerprint density at radius 3 is 2.62 bits per heavy atom. The molecule has 0 spiro atoms. The van der Waals surface area contributed by atoms with Gasteiger partial charge in [0.25, 0.3) is 5.91 Å². The van der Waals surface area contributed by atoms with Crippen LogP contribution < -0.4 is 0 Å². The topological polar surface area (TPSA) is 82.1 Å². The second kappa shape index (κ2) is 7.44. The third-order valence-corrected chi connectivity index (χ3v) is 4.78. The van der Waals surface area contributed by atoms with Crippen molar-refractivity contribution in [2.24, 2.45) is 0 Å². The zero-order chi connectivity index (χ0) is 20.5. The quantitative estimate of drug-likeness (QED) is 0.558. The molecule has 1 aromatic carbocycles. The molecular weight excluding hydrogens is 371 g/mol. The van der Waals surface area contributed by atoms with Crippen molar-refractivity contribution >= 4 is 16.9 Å². The second-order valence-electron chi connectivity index (χ2n) is 6.94. The van der Waals surface area contributed by atoms with E-state index < -0.39 is 12.0 Å². The Labute approximate surface area is 166 Å². The molecule has 0 saturated heterocycles. The Hall–Kier alpha value is -3.58. The van der Waals surface area contributed by atoms with Crippen LogP contribution in [0.3, 0.4) is 0 Å². The zero-order valence-corrected chi connectivity index (χ0v) is 15.9. The lowest BCUT2D eigenvalue weighted by atomic mass is 10.0. The van der Waals surface area contributed by atoms with Gasteiger partial charge in [0.05, 0.1) is 0 Å². The summed E-state index contributed by atoms with van der Waals surface area (Å²) >= 11 is 0. The number of aliphatic hydroxyl groups is 1. The molecule has 0 aliphatic carbocycles. The molecule has 4 rings (SSSR count). The van der Waals surface area contributed by atoms with E-state index >= 15 is 0 Å². The van der Waals surface area contributed by atoms with Crippen molar-refractivity contribution in [3.05, 3.63) is 72.6 Å². The summed E-state index contributed by atoms with van der Waals surface area (Å²) in [6, 6.07) is 10.2. The molecule has 0 radical (unpaired) electrons. The average Bonchev–Trinajstić information content (AvgIpc) is 3.16. The molecule has 6 nitrogen and oxygen atoms in total. The maximum Gasteiger partial charge on any atom is 0.255 e. The summed E-state index contributed by atoms with van der Waals surface area (Å²) < 4.78 is 14.3. The summed E-state index contributed by atoms with van der Waals surface area (Å²) in [5.41, 5.74) is 3.66. The van der Waals surface area contributed by atoms with E-state index in [-0.39, 0.29) is 5.82 Å². The van der Waals surface area contributed by atoms with Crippen LogP contribution in [-0.4, -0.2) is 45.0 Å². The number of likely N-dealkylation sites (N-methyl/N-ethyl adjacent to an activating group) is 1. The Kier molecular flexibility index (Phi) is 4.82. The van der Waals surface area contributed by atoms with E-state index in [1.54, 1.807) is 57.0 Å². The summed E-state index contributed by atoms with van der Waals surface area (Å²) in [7, 11) is 3.16. The van der Waals surface area contributed by atoms with Crippen LogP contribution in [0.4, 0.5) is 4.39 Å². The second-order valence-corrected chi connectivity index (χ2v) is 6.94. The van der Waals surface area contributed by atoms with E-state index in [1.807, 2.05) is 6.07 Å². The van der Waals surface area contributed by atoms with E-state index in [9.17, 15) is 14.3 Å². The van der Waals surface area contributed by atoms with E-state index in [0.29, 0.717) is 27.9 Å². The summed E-state index contributed by atoms with van der Waals surface area (Å²) in [6.45, 7) is 0. The first kappa shape index (κ1) is 18.8. The number of halogens is 1. The average molecular weight is 390 g/mol. The number of nitrogens with one attached hydrogen (secondary N) is 1. The molecule has 4 aromatic rings. The molecule has 146 valence electrons. The van der Waals surface area contributed by atoms with Crippen LogP contribution in [0.2, 0.25) is 0 Å². The highest BCUT2D eigenvalue weighted by Crippen LogP contribution is 2.32. The van der Waals surface area contributed by atoms with Gasteiger partial charge in [0.15, 0.2) is 6.10 Å². The van der Waals surface area contributed by atoms with Gasteiger partial charge in [-0.1, -0.05) is 18.2 Å². The van der Waals surface area contributed by atoms with E-state index in [1.165, 1.54) is 17.2 Å². The molecule has 1 atom stereocenters. The lowest BCUT2D eigenvalue weighted by molar-refractivity contribution is -0.137. The predicted octanol–water partition coefficient (Wildman–Crippen LogP) is 3.55. The Balaban J connectivity index is 1.78. The third kappa shape index (κ3) is 3.48. The number of aromatic amines is 1. The van der Waals surface area contributed by atoms with Crippen LogP contribution in [0.5, 0.6) is 0 Å². The Bertz CT molecular complexity index is 1200. The van der Waals surface area contributed by atoms with Gasteiger partial charge in [-0.05, 0) is 18.2 Å². The SMILES string of the molecule is CN(C)C(=O)C(O)c1cncc(-c2cnc3[nH]cc(-c4ccccc4F)c3c2)c1. The van der Waals surface area contributed by atoms with Crippen molar-refractivity contribution in [1.82, 2.24) is 19.9 Å². The highest BCUT2D eigenvalue weighted by Gasteiger charge is 2.20. The minimum atomic E-state index is -1.30. The van der Waals surface area contributed by atoms with Gasteiger partial charge in [-0.25, -0.2) is 9.37 Å². The zero-order valence-electron chi connectivity index (χ0n) is 15.9. The molecule has 0 saturated carbocycles. The summed E-state index contributed by atoms with van der Waals surface area (Å²) in [6.07, 6.45) is 5.20. The predicted molar refractivity (Wildman–Crippen MR) is 108 cm³/mol. The third-order valence-electron chi connectivity index (χ3n) is 4.78. The van der Waals surface area contributed by atoms with E-state index in [2.05, 4.69) is 15.0 Å². The van der Waals surface area contributed by atoms with Crippen molar-refractivity contribution in [3.8, 4) is 22.3 Å². The summed E-state index contributed by atoms with van der Waals surface area (Å²) in [5, 5.41) is 11.1. The molecule has 29 heavy (non-hydrogen) atoms. The number of benzene rings is 1. The van der Waals surface area contributed by atoms with Gasteiger partial charge in [-0.3, -0.25) is 9.78 Å². The number of fused-ring (bicyclic) bond motifs is 1. The van der Waals surface area contributed by atoms with Gasteiger partial charge in [-0.15, -0.1) is 0 Å². The lowest BCUT2D eigenvalue weighted by Crippen LogP contribution is -2.28. The first-order chi connectivity index (χ1) is 14.0. The van der Waals surface area contributed by atoms with Gasteiger partial charge in [-0.2, -0.15) is 0 Å². The molecule has 3 aromatic heterocycles. The van der Waals surface area contributed by atoms with E-state index in [4.69, 9.17) is 0 Å². The van der Waals surface area contributed by atoms with Crippen molar-refractivity contribution in [3.63, 3.8) is 0 Å². The van der Waals surface area contributed by atoms with Crippen LogP contribution >= 0.6 is 0 Å². The fraction of sp³-hybridized carbons (Fsp3) is 0.136. The highest BCUT2D eigenvalue weighted by atomic mass is 19.1. The maximum atomic E-state index is 14.3. The molecule has 0 aliphatic heterocycles. The number of amides is 1. The monoisotopic (exact) mass is 390 g/mol. The summed E-state index contributed by atoms with van der Waals surface area (Å²) in [5.74, 6) is -0.738. The van der Waals surface area contributed by atoms with Gasteiger partial charge >= 0.3 is 0 Å². The first-order valence-electron chi connectivity index (χ1n) is 9.02. The van der Waals surface area contributed by atoms with Crippen LogP contribution in [-0.2, 0) is 4.79 Å². The Morgan fingerprint density at radius 1 is 1.10 bits per heavy atom. The van der Waals surface area contributed by atoms with Crippen molar-refractivity contribution < 1.29 is 14.3 Å². The largest absolute Gasteiger partial charge is 0.378 e. The highest BCUT2D eigenvalue weighted by molar-refractivity contribution is 5.96. The Morgan fingerprint density at radius 2 is 1.86 bits per heavy atom. The first-order valence-corrected chi connectivity index (χ1v) is 9.02. The molecule has 3 heterocycles. The number of carbonyl (C=O) groups is 1. The number of pyridine rings is 2. The lowest BCUT2D eigenvalue weighted by Gasteiger charge is -2.16. The van der Waals surface area contributed by atoms with Gasteiger partial charge in [0, 0.05) is 72.1 Å². The smallest absolute Gasteiger partial charge is 0.255 e. The summed E-state index contributed by atoms with van der Waals surface area (Å²) in [4.78, 5) is 25.0. The normalized spacial score (nSPS) is 12.1. The molecule has 0 bridgehead atoms. The molecule has 2 N–H and O–H groups in total. The number of H-pyrrole nitrogens is 1. The number of carbonyl (C=O) groups excluding carboxylic acids is 1. The molecule has 7 heteroatoms. The molecule has 0 aliphatic rings. The molecule has 0 fully saturated rings.